The molecule has 0 spiro atoms. The van der Waals surface area contributed by atoms with E-state index in [4.69, 9.17) is 0 Å². The fourth-order valence-corrected chi connectivity index (χ4v) is 4.84. The summed E-state index contributed by atoms with van der Waals surface area (Å²) in [7, 11) is 3.83. The van der Waals surface area contributed by atoms with Gasteiger partial charge in [0.1, 0.15) is 0 Å². The molecule has 9 nitrogen and oxygen atoms in total. The zero-order chi connectivity index (χ0) is 31.4. The van der Waals surface area contributed by atoms with Crippen LogP contribution in [0.5, 0.6) is 0 Å². The van der Waals surface area contributed by atoms with Gasteiger partial charge in [-0.2, -0.15) is 18.3 Å². The largest absolute Gasteiger partial charge is 0.416 e. The summed E-state index contributed by atoms with van der Waals surface area (Å²) in [5, 5.41) is 10.0. The molecule has 2 N–H and O–H groups in total. The predicted octanol–water partition coefficient (Wildman–Crippen LogP) is 4.99. The molecule has 0 saturated carbocycles. The maximum atomic E-state index is 14.0. The van der Waals surface area contributed by atoms with E-state index < -0.39 is 17.6 Å². The van der Waals surface area contributed by atoms with Crippen LogP contribution >= 0.6 is 0 Å². The maximum Gasteiger partial charge on any atom is 0.416 e. The number of amides is 1. The average molecular weight is 603 g/mol. The number of hydrogen-bond donors (Lipinski definition) is 2. The van der Waals surface area contributed by atoms with E-state index in [1.807, 2.05) is 39.0 Å². The summed E-state index contributed by atoms with van der Waals surface area (Å²) in [6.45, 7) is 6.96. The van der Waals surface area contributed by atoms with Crippen LogP contribution in [-0.2, 0) is 19.8 Å². The van der Waals surface area contributed by atoms with Crippen LogP contribution in [-0.4, -0.2) is 68.7 Å². The number of nitrogens with zero attached hydrogens (tertiary/aromatic N) is 6. The molecule has 228 valence electrons. The fraction of sp³-hybridized carbons (Fsp3) is 0.312. The van der Waals surface area contributed by atoms with Gasteiger partial charge < -0.3 is 15.5 Å². The fourth-order valence-electron chi connectivity index (χ4n) is 4.84. The molecule has 3 heterocycles. The van der Waals surface area contributed by atoms with Crippen LogP contribution < -0.4 is 10.6 Å². The van der Waals surface area contributed by atoms with Crippen molar-refractivity contribution in [3.63, 3.8) is 0 Å². The Kier molecular flexibility index (Phi) is 8.98. The molecule has 1 aliphatic heterocycles. The molecule has 5 rings (SSSR count). The first kappa shape index (κ1) is 30.7. The number of piperazine rings is 1. The van der Waals surface area contributed by atoms with Crippen LogP contribution in [0.25, 0.3) is 0 Å². The molecule has 0 aliphatic carbocycles. The highest BCUT2D eigenvalue weighted by Gasteiger charge is 2.34. The Balaban J connectivity index is 1.28. The number of aromatic nitrogens is 4. The third-order valence-corrected chi connectivity index (χ3v) is 7.42. The third-order valence-electron chi connectivity index (χ3n) is 7.42. The van der Waals surface area contributed by atoms with Crippen molar-refractivity contribution in [1.82, 2.24) is 29.5 Å². The number of hydrogen-bond acceptors (Lipinski definition) is 7. The van der Waals surface area contributed by atoms with Crippen molar-refractivity contribution < 1.29 is 18.0 Å². The first-order valence-corrected chi connectivity index (χ1v) is 14.1. The zero-order valence-electron chi connectivity index (χ0n) is 25.0. The van der Waals surface area contributed by atoms with Crippen LogP contribution in [0.4, 0.5) is 30.5 Å². The molecule has 1 aliphatic rings. The van der Waals surface area contributed by atoms with Crippen LogP contribution in [0.15, 0.2) is 55.0 Å². The lowest BCUT2D eigenvalue weighted by molar-refractivity contribution is -0.138. The van der Waals surface area contributed by atoms with Gasteiger partial charge in [0.15, 0.2) is 0 Å². The van der Waals surface area contributed by atoms with Crippen molar-refractivity contribution in [2.24, 2.45) is 7.05 Å². The normalized spacial score (nSPS) is 14.2. The van der Waals surface area contributed by atoms with E-state index in [1.165, 1.54) is 12.1 Å². The molecule has 12 heteroatoms. The topological polar surface area (TPSA) is 91.2 Å². The number of likely N-dealkylation sites (N-methyl/N-ethyl adjacent to an activating group) is 1. The molecule has 44 heavy (non-hydrogen) atoms. The Hall–Kier alpha value is -4.73. The first-order valence-electron chi connectivity index (χ1n) is 14.1. The van der Waals surface area contributed by atoms with E-state index in [0.29, 0.717) is 30.2 Å². The molecular formula is C32H33F3N8O. The Morgan fingerprint density at radius 2 is 1.70 bits per heavy atom. The van der Waals surface area contributed by atoms with Gasteiger partial charge in [-0.3, -0.25) is 14.4 Å². The van der Waals surface area contributed by atoms with Gasteiger partial charge in [0, 0.05) is 75.2 Å². The molecule has 4 aromatic rings. The highest BCUT2D eigenvalue weighted by molar-refractivity contribution is 6.04. The lowest BCUT2D eigenvalue weighted by Crippen LogP contribution is -2.44. The smallest absolute Gasteiger partial charge is 0.322 e. The van der Waals surface area contributed by atoms with Gasteiger partial charge in [0.25, 0.3) is 5.91 Å². The minimum absolute atomic E-state index is 0.0741. The molecule has 0 unspecified atom stereocenters. The van der Waals surface area contributed by atoms with Gasteiger partial charge in [-0.05, 0) is 56.3 Å². The second kappa shape index (κ2) is 12.9. The van der Waals surface area contributed by atoms with Gasteiger partial charge in [-0.15, -0.1) is 0 Å². The number of carbonyl (C=O) groups excluding carboxylic acids is 1. The molecule has 2 aromatic heterocycles. The zero-order valence-corrected chi connectivity index (χ0v) is 25.0. The molecule has 1 saturated heterocycles. The van der Waals surface area contributed by atoms with E-state index in [9.17, 15) is 18.0 Å². The number of halogens is 3. The minimum atomic E-state index is -4.55. The van der Waals surface area contributed by atoms with Crippen molar-refractivity contribution in [1.29, 1.82) is 0 Å². The number of alkyl halides is 3. The van der Waals surface area contributed by atoms with E-state index in [1.54, 1.807) is 35.3 Å². The summed E-state index contributed by atoms with van der Waals surface area (Å²) in [4.78, 5) is 25.8. The number of nitrogens with one attached hydrogen (secondary N) is 2. The number of rotatable bonds is 6. The number of aryl methyl sites for hydroxylation is 3. The minimum Gasteiger partial charge on any atom is -0.322 e. The number of carbonyl (C=O) groups is 1. The van der Waals surface area contributed by atoms with Gasteiger partial charge >= 0.3 is 6.18 Å². The van der Waals surface area contributed by atoms with Crippen LogP contribution in [0.3, 0.4) is 0 Å². The summed E-state index contributed by atoms with van der Waals surface area (Å²) in [6.07, 6.45) is 0.459. The van der Waals surface area contributed by atoms with Crippen LogP contribution in [0, 0.1) is 25.7 Å². The Bertz CT molecular complexity index is 1710. The lowest BCUT2D eigenvalue weighted by atomic mass is 10.0. The molecule has 2 aromatic carbocycles. The predicted molar refractivity (Wildman–Crippen MR) is 163 cm³/mol. The Morgan fingerprint density at radius 1 is 0.977 bits per heavy atom. The second-order valence-corrected chi connectivity index (χ2v) is 10.9. The summed E-state index contributed by atoms with van der Waals surface area (Å²) in [6, 6.07) is 8.95. The number of anilines is 3. The van der Waals surface area contributed by atoms with E-state index in [-0.39, 0.29) is 23.4 Å². The van der Waals surface area contributed by atoms with Crippen LogP contribution in [0.2, 0.25) is 0 Å². The molecule has 1 fully saturated rings. The summed E-state index contributed by atoms with van der Waals surface area (Å²) in [5.41, 5.74) is 3.42. The molecule has 1 amide bonds. The van der Waals surface area contributed by atoms with Crippen molar-refractivity contribution in [2.75, 3.05) is 43.9 Å². The molecular weight excluding hydrogens is 569 g/mol. The molecule has 0 atom stereocenters. The summed E-state index contributed by atoms with van der Waals surface area (Å²) in [5.74, 6) is 5.93. The molecule has 0 radical (unpaired) electrons. The first-order chi connectivity index (χ1) is 20.9. The second-order valence-electron chi connectivity index (χ2n) is 10.9. The van der Waals surface area contributed by atoms with Crippen molar-refractivity contribution >= 4 is 23.2 Å². The van der Waals surface area contributed by atoms with E-state index >= 15 is 0 Å². The van der Waals surface area contributed by atoms with E-state index in [0.717, 1.165) is 36.1 Å². The van der Waals surface area contributed by atoms with Gasteiger partial charge in [0.2, 0.25) is 5.95 Å². The summed E-state index contributed by atoms with van der Waals surface area (Å²) >= 11 is 0. The average Bonchev–Trinajstić information content (AvgIpc) is 3.30. The van der Waals surface area contributed by atoms with Crippen LogP contribution in [0.1, 0.15) is 43.9 Å². The van der Waals surface area contributed by atoms with Gasteiger partial charge in [-0.25, -0.2) is 9.97 Å². The third kappa shape index (κ3) is 7.61. The Labute approximate surface area is 254 Å². The summed E-state index contributed by atoms with van der Waals surface area (Å²) < 4.78 is 43.7. The van der Waals surface area contributed by atoms with Gasteiger partial charge in [0.05, 0.1) is 22.5 Å². The van der Waals surface area contributed by atoms with Crippen molar-refractivity contribution in [3.8, 4) is 11.8 Å². The van der Waals surface area contributed by atoms with E-state index in [2.05, 4.69) is 42.4 Å². The lowest BCUT2D eigenvalue weighted by Gasteiger charge is -2.33. The molecule has 0 bridgehead atoms. The van der Waals surface area contributed by atoms with Crippen molar-refractivity contribution in [2.45, 2.75) is 26.6 Å². The highest BCUT2D eigenvalue weighted by Crippen LogP contribution is 2.35. The highest BCUT2D eigenvalue weighted by atomic mass is 19.4. The van der Waals surface area contributed by atoms with Gasteiger partial charge in [-0.1, -0.05) is 24.0 Å². The SMILES string of the molecule is Cc1ccc(C(=O)Nc2ccc(CN3CCN(C)CC3)c(C(F)(F)F)c2)cc1C#Cc1cnc(Nc2cn(C)nc2C)nc1. The monoisotopic (exact) mass is 602 g/mol. The standard InChI is InChI=1S/C32H33F3N8O/c1-21-5-7-25(15-24(21)8-6-23-17-36-31(37-18-23)39-29-20-42(4)40-22(29)2)30(44)38-27-10-9-26(28(16-27)32(33,34)35)19-43-13-11-41(3)12-14-43/h5,7,9-10,15-18,20H,11-14,19H2,1-4H3,(H,38,44)(H,36,37,39). The maximum absolute atomic E-state index is 14.0. The van der Waals surface area contributed by atoms with Crippen molar-refractivity contribution in [3.05, 3.63) is 94.1 Å². The quantitative estimate of drug-likeness (QED) is 0.301. The Morgan fingerprint density at radius 3 is 2.36 bits per heavy atom. The number of benzene rings is 2.